The summed E-state index contributed by atoms with van der Waals surface area (Å²) in [5, 5.41) is 20.2. The average Bonchev–Trinajstić information content (AvgIpc) is 2.54. The van der Waals surface area contributed by atoms with Crippen molar-refractivity contribution in [1.82, 2.24) is 0 Å². The minimum Gasteiger partial charge on any atom is -0.478 e. The minimum absolute atomic E-state index is 0.0110. The van der Waals surface area contributed by atoms with E-state index in [4.69, 9.17) is 0 Å². The summed E-state index contributed by atoms with van der Waals surface area (Å²) in [4.78, 5) is 22.5. The highest BCUT2D eigenvalue weighted by molar-refractivity contribution is 6.17. The van der Waals surface area contributed by atoms with Crippen LogP contribution in [0.4, 0.5) is 0 Å². The van der Waals surface area contributed by atoms with Crippen LogP contribution < -0.4 is 0 Å². The van der Waals surface area contributed by atoms with E-state index in [1.165, 1.54) is 0 Å². The van der Waals surface area contributed by atoms with Gasteiger partial charge in [0.15, 0.2) is 0 Å². The van der Waals surface area contributed by atoms with E-state index >= 15 is 0 Å². The molecule has 2 N–H and O–H groups in total. The van der Waals surface area contributed by atoms with Crippen molar-refractivity contribution in [3.8, 4) is 0 Å². The van der Waals surface area contributed by atoms with Gasteiger partial charge in [-0.3, -0.25) is 0 Å². The molecule has 1 aliphatic rings. The van der Waals surface area contributed by atoms with E-state index in [-0.39, 0.29) is 11.1 Å². The zero-order valence-electron chi connectivity index (χ0n) is 12.2. The lowest BCUT2D eigenvalue weighted by Gasteiger charge is -2.23. The van der Waals surface area contributed by atoms with Crippen LogP contribution in [0.2, 0.25) is 0 Å². The van der Waals surface area contributed by atoms with Crippen LogP contribution in [-0.4, -0.2) is 22.2 Å². The van der Waals surface area contributed by atoms with Crippen molar-refractivity contribution in [3.63, 3.8) is 0 Å². The number of carbonyl (C=O) groups is 2. The van der Waals surface area contributed by atoms with Crippen LogP contribution in [0.15, 0.2) is 55.1 Å². The number of hydrogen-bond acceptors (Lipinski definition) is 2. The molecule has 2 aromatic carbocycles. The molecule has 0 spiro atoms. The Morgan fingerprint density at radius 1 is 1.00 bits per heavy atom. The molecule has 4 heteroatoms. The van der Waals surface area contributed by atoms with Crippen molar-refractivity contribution >= 4 is 34.4 Å². The van der Waals surface area contributed by atoms with Crippen LogP contribution in [0.3, 0.4) is 0 Å². The minimum atomic E-state index is -1.08. The molecule has 0 heterocycles. The lowest BCUT2D eigenvalue weighted by atomic mass is 9.80. The number of allylic oxidation sites excluding steroid dienone is 1. The third-order valence-corrected chi connectivity index (χ3v) is 4.14. The highest BCUT2D eigenvalue weighted by Crippen LogP contribution is 2.40. The van der Waals surface area contributed by atoms with Crippen LogP contribution in [0, 0.1) is 0 Å². The maximum Gasteiger partial charge on any atom is 0.335 e. The third-order valence-electron chi connectivity index (χ3n) is 4.14. The Morgan fingerprint density at radius 3 is 2.39 bits per heavy atom. The SMILES string of the molecule is C=C(C(=O)O)c1ccc2cccc3c2c1C=CC3C(=C)C(=O)O. The van der Waals surface area contributed by atoms with Crippen molar-refractivity contribution in [2.24, 2.45) is 0 Å². The van der Waals surface area contributed by atoms with Gasteiger partial charge >= 0.3 is 11.9 Å². The Morgan fingerprint density at radius 2 is 1.74 bits per heavy atom. The van der Waals surface area contributed by atoms with E-state index in [1.807, 2.05) is 24.3 Å². The smallest absolute Gasteiger partial charge is 0.335 e. The summed E-state index contributed by atoms with van der Waals surface area (Å²) in [5.74, 6) is -2.56. The molecule has 114 valence electrons. The van der Waals surface area contributed by atoms with Crippen LogP contribution in [0.1, 0.15) is 22.6 Å². The van der Waals surface area contributed by atoms with E-state index in [0.29, 0.717) is 5.56 Å². The van der Waals surface area contributed by atoms with Gasteiger partial charge in [0.25, 0.3) is 0 Å². The molecule has 0 fully saturated rings. The zero-order valence-corrected chi connectivity index (χ0v) is 12.2. The summed E-state index contributed by atoms with van der Waals surface area (Å²) in [5.41, 5.74) is 2.19. The molecule has 0 aromatic heterocycles. The van der Waals surface area contributed by atoms with Gasteiger partial charge in [-0.15, -0.1) is 0 Å². The summed E-state index contributed by atoms with van der Waals surface area (Å²) < 4.78 is 0. The van der Waals surface area contributed by atoms with Gasteiger partial charge in [0, 0.05) is 11.5 Å². The van der Waals surface area contributed by atoms with Crippen LogP contribution in [0.25, 0.3) is 22.4 Å². The first-order valence-electron chi connectivity index (χ1n) is 7.00. The Bertz CT molecular complexity index is 918. The first-order valence-corrected chi connectivity index (χ1v) is 7.00. The molecule has 23 heavy (non-hydrogen) atoms. The molecule has 1 atom stereocenters. The zero-order chi connectivity index (χ0) is 16.7. The second-order valence-electron chi connectivity index (χ2n) is 5.42. The topological polar surface area (TPSA) is 74.6 Å². The molecule has 4 nitrogen and oxygen atoms in total. The highest BCUT2D eigenvalue weighted by atomic mass is 16.4. The molecule has 0 saturated carbocycles. The molecular formula is C19H14O4. The molecule has 0 saturated heterocycles. The molecule has 1 aliphatic carbocycles. The van der Waals surface area contributed by atoms with Crippen molar-refractivity contribution < 1.29 is 19.8 Å². The lowest BCUT2D eigenvalue weighted by molar-refractivity contribution is -0.133. The van der Waals surface area contributed by atoms with Gasteiger partial charge in [0.2, 0.25) is 0 Å². The Hall–Kier alpha value is -3.14. The van der Waals surface area contributed by atoms with E-state index < -0.39 is 17.9 Å². The van der Waals surface area contributed by atoms with Gasteiger partial charge in [-0.25, -0.2) is 9.59 Å². The largest absolute Gasteiger partial charge is 0.478 e. The Kier molecular flexibility index (Phi) is 3.37. The van der Waals surface area contributed by atoms with E-state index in [0.717, 1.165) is 21.9 Å². The maximum absolute atomic E-state index is 11.3. The quantitative estimate of drug-likeness (QED) is 0.845. The summed E-state index contributed by atoms with van der Waals surface area (Å²) in [6.07, 6.45) is 3.50. The van der Waals surface area contributed by atoms with Gasteiger partial charge in [0.05, 0.1) is 5.57 Å². The summed E-state index contributed by atoms with van der Waals surface area (Å²) in [6.45, 7) is 7.29. The molecule has 1 unspecified atom stereocenters. The highest BCUT2D eigenvalue weighted by Gasteiger charge is 2.25. The van der Waals surface area contributed by atoms with E-state index in [9.17, 15) is 19.8 Å². The molecule has 3 rings (SSSR count). The summed E-state index contributed by atoms with van der Waals surface area (Å²) in [6, 6.07) is 9.17. The monoisotopic (exact) mass is 306 g/mol. The Balaban J connectivity index is 2.30. The van der Waals surface area contributed by atoms with E-state index in [2.05, 4.69) is 13.2 Å². The van der Waals surface area contributed by atoms with E-state index in [1.54, 1.807) is 18.2 Å². The fraction of sp³-hybridized carbons (Fsp3) is 0.0526. The van der Waals surface area contributed by atoms with Crippen molar-refractivity contribution in [2.45, 2.75) is 5.92 Å². The standard InChI is InChI=1S/C19H14O4/c1-10(18(20)21)13-7-6-12-4-3-5-15-14(11(2)19(22)23)8-9-16(13)17(12)15/h3-9,14H,1-2H2,(H,20,21)(H,22,23). The third kappa shape index (κ3) is 2.25. The average molecular weight is 306 g/mol. The van der Waals surface area contributed by atoms with Crippen LogP contribution >= 0.6 is 0 Å². The molecule has 0 radical (unpaired) electrons. The van der Waals surface area contributed by atoms with Gasteiger partial charge < -0.3 is 10.2 Å². The molecule has 2 aromatic rings. The predicted octanol–water partition coefficient (Wildman–Crippen LogP) is 3.69. The van der Waals surface area contributed by atoms with Crippen LogP contribution in [-0.2, 0) is 9.59 Å². The second-order valence-corrected chi connectivity index (χ2v) is 5.42. The van der Waals surface area contributed by atoms with Crippen molar-refractivity contribution in [1.29, 1.82) is 0 Å². The molecule has 0 aliphatic heterocycles. The number of rotatable bonds is 4. The van der Waals surface area contributed by atoms with Gasteiger partial charge in [-0.05, 0) is 27.5 Å². The molecular weight excluding hydrogens is 292 g/mol. The van der Waals surface area contributed by atoms with Gasteiger partial charge in [-0.2, -0.15) is 0 Å². The number of aliphatic carboxylic acids is 2. The first-order chi connectivity index (χ1) is 10.9. The van der Waals surface area contributed by atoms with Crippen molar-refractivity contribution in [3.05, 3.63) is 71.8 Å². The maximum atomic E-state index is 11.3. The summed E-state index contributed by atoms with van der Waals surface area (Å²) >= 11 is 0. The van der Waals surface area contributed by atoms with Crippen LogP contribution in [0.5, 0.6) is 0 Å². The fourth-order valence-corrected chi connectivity index (χ4v) is 2.98. The fourth-order valence-electron chi connectivity index (χ4n) is 2.98. The molecule has 0 bridgehead atoms. The van der Waals surface area contributed by atoms with Crippen molar-refractivity contribution in [2.75, 3.05) is 0 Å². The van der Waals surface area contributed by atoms with Gasteiger partial charge in [-0.1, -0.05) is 55.6 Å². The normalized spacial score (nSPS) is 15.4. The number of carboxylic acids is 2. The number of hydrogen-bond donors (Lipinski definition) is 2. The number of benzene rings is 2. The molecule has 0 amide bonds. The second kappa shape index (κ2) is 5.25. The summed E-state index contributed by atoms with van der Waals surface area (Å²) in [7, 11) is 0. The lowest BCUT2D eigenvalue weighted by Crippen LogP contribution is -2.12. The predicted molar refractivity (Wildman–Crippen MR) is 89.2 cm³/mol. The van der Waals surface area contributed by atoms with Gasteiger partial charge in [0.1, 0.15) is 0 Å². The first kappa shape index (κ1) is 14.8. The number of carboxylic acid groups (broad SMARTS) is 2. The Labute approximate surface area is 132 Å².